The maximum absolute atomic E-state index is 13.6. The molecule has 188 valence electrons. The summed E-state index contributed by atoms with van der Waals surface area (Å²) >= 11 is 0. The maximum Gasteiger partial charge on any atom is 0.421 e. The van der Waals surface area contributed by atoms with Crippen LogP contribution in [0.5, 0.6) is 11.5 Å². The lowest BCUT2D eigenvalue weighted by molar-refractivity contribution is -0.137. The fourth-order valence-electron chi connectivity index (χ4n) is 3.00. The van der Waals surface area contributed by atoms with E-state index in [1.165, 1.54) is 27.5 Å². The van der Waals surface area contributed by atoms with Crippen LogP contribution < -0.4 is 24.4 Å². The molecule has 14 heteroatoms. The lowest BCUT2D eigenvalue weighted by Crippen LogP contribution is -2.27. The Morgan fingerprint density at radius 2 is 1.86 bits per heavy atom. The predicted molar refractivity (Wildman–Crippen MR) is 125 cm³/mol. The number of methoxy groups -OCH3 is 2. The first-order chi connectivity index (χ1) is 16.4. The Morgan fingerprint density at radius 3 is 2.49 bits per heavy atom. The van der Waals surface area contributed by atoms with Crippen molar-refractivity contribution in [2.24, 2.45) is 0 Å². The highest BCUT2D eigenvalue weighted by atomic mass is 32.2. The number of pyridine rings is 1. The highest BCUT2D eigenvalue weighted by molar-refractivity contribution is 7.92. The zero-order valence-corrected chi connectivity index (χ0v) is 20.0. The molecule has 0 atom stereocenters. The van der Waals surface area contributed by atoms with Gasteiger partial charge in [-0.3, -0.25) is 4.31 Å². The van der Waals surface area contributed by atoms with E-state index in [-0.39, 0.29) is 18.3 Å². The molecule has 2 heterocycles. The van der Waals surface area contributed by atoms with Gasteiger partial charge >= 0.3 is 6.18 Å². The molecule has 0 amide bonds. The fourth-order valence-corrected chi connectivity index (χ4v) is 3.48. The summed E-state index contributed by atoms with van der Waals surface area (Å²) in [5, 5.41) is 5.46. The van der Waals surface area contributed by atoms with E-state index in [0.29, 0.717) is 28.9 Å². The van der Waals surface area contributed by atoms with Crippen LogP contribution in [0.3, 0.4) is 0 Å². The van der Waals surface area contributed by atoms with Crippen molar-refractivity contribution >= 4 is 33.3 Å². The van der Waals surface area contributed by atoms with Crippen molar-refractivity contribution in [3.05, 3.63) is 53.9 Å². The van der Waals surface area contributed by atoms with Crippen LogP contribution in [-0.4, -0.2) is 50.9 Å². The van der Waals surface area contributed by atoms with E-state index in [1.807, 2.05) is 0 Å². The molecular formula is C21H23F3N6O4S. The van der Waals surface area contributed by atoms with Crippen molar-refractivity contribution in [1.82, 2.24) is 15.0 Å². The van der Waals surface area contributed by atoms with E-state index < -0.39 is 27.6 Å². The van der Waals surface area contributed by atoms with E-state index in [1.54, 1.807) is 30.3 Å². The topological polar surface area (TPSA) is 119 Å². The minimum Gasteiger partial charge on any atom is -0.497 e. The summed E-state index contributed by atoms with van der Waals surface area (Å²) < 4.78 is 76.1. The Morgan fingerprint density at radius 1 is 1.11 bits per heavy atom. The van der Waals surface area contributed by atoms with Crippen molar-refractivity contribution in [2.75, 3.05) is 42.5 Å². The van der Waals surface area contributed by atoms with Crippen LogP contribution in [-0.2, 0) is 22.7 Å². The molecule has 0 aliphatic heterocycles. The van der Waals surface area contributed by atoms with E-state index in [9.17, 15) is 21.6 Å². The molecule has 0 saturated heterocycles. The Hall–Kier alpha value is -3.81. The summed E-state index contributed by atoms with van der Waals surface area (Å²) in [4.78, 5) is 11.8. The van der Waals surface area contributed by atoms with Crippen LogP contribution in [0, 0.1) is 0 Å². The smallest absolute Gasteiger partial charge is 0.421 e. The molecule has 0 aliphatic carbocycles. The second-order valence-corrected chi connectivity index (χ2v) is 9.23. The molecule has 10 nitrogen and oxygen atoms in total. The van der Waals surface area contributed by atoms with Crippen molar-refractivity contribution in [2.45, 2.75) is 12.7 Å². The average molecular weight is 513 g/mol. The molecule has 3 aromatic rings. The summed E-state index contributed by atoms with van der Waals surface area (Å²) in [5.74, 6) is 0.315. The number of benzene rings is 1. The summed E-state index contributed by atoms with van der Waals surface area (Å²) in [5.41, 5.74) is -0.374. The lowest BCUT2D eigenvalue weighted by Gasteiger charge is -2.20. The summed E-state index contributed by atoms with van der Waals surface area (Å²) in [6.07, 6.45) is -1.71. The van der Waals surface area contributed by atoms with Gasteiger partial charge in [0.2, 0.25) is 16.0 Å². The molecule has 0 saturated carbocycles. The number of hydrogen-bond acceptors (Lipinski definition) is 9. The Bertz CT molecular complexity index is 1300. The van der Waals surface area contributed by atoms with Crippen molar-refractivity contribution in [3.8, 4) is 11.5 Å². The van der Waals surface area contributed by atoms with Gasteiger partial charge in [-0.2, -0.15) is 18.2 Å². The first-order valence-electron chi connectivity index (χ1n) is 9.99. The summed E-state index contributed by atoms with van der Waals surface area (Å²) in [6, 6.07) is 7.95. The average Bonchev–Trinajstić information content (AvgIpc) is 2.81. The molecule has 3 rings (SSSR count). The highest BCUT2D eigenvalue weighted by Crippen LogP contribution is 2.36. The largest absolute Gasteiger partial charge is 0.497 e. The Balaban J connectivity index is 1.95. The lowest BCUT2D eigenvalue weighted by atomic mass is 10.2. The number of anilines is 4. The van der Waals surface area contributed by atoms with Crippen molar-refractivity contribution in [1.29, 1.82) is 0 Å². The molecule has 2 N–H and O–H groups in total. The van der Waals surface area contributed by atoms with E-state index in [2.05, 4.69) is 25.6 Å². The van der Waals surface area contributed by atoms with Crippen molar-refractivity contribution < 1.29 is 31.1 Å². The first-order valence-corrected chi connectivity index (χ1v) is 11.8. The van der Waals surface area contributed by atoms with Gasteiger partial charge in [0.05, 0.1) is 26.2 Å². The number of sulfonamides is 1. The maximum atomic E-state index is 13.6. The SMILES string of the molecule is COc1ccc(OC)c(Nc2ncc(C(F)(F)F)c(NCc3cccnc3N(C)S(C)(=O)=O)n2)c1. The van der Waals surface area contributed by atoms with Crippen molar-refractivity contribution in [3.63, 3.8) is 0 Å². The molecule has 0 radical (unpaired) electrons. The minimum absolute atomic E-state index is 0.0737. The Kier molecular flexibility index (Phi) is 7.53. The second-order valence-electron chi connectivity index (χ2n) is 7.22. The van der Waals surface area contributed by atoms with E-state index >= 15 is 0 Å². The Labute approximate surface area is 200 Å². The van der Waals surface area contributed by atoms with Crippen LogP contribution in [0.25, 0.3) is 0 Å². The van der Waals surface area contributed by atoms with Gasteiger partial charge in [-0.25, -0.2) is 18.4 Å². The number of alkyl halides is 3. The van der Waals surface area contributed by atoms with Gasteiger partial charge in [-0.1, -0.05) is 6.07 Å². The van der Waals surface area contributed by atoms with Gasteiger partial charge < -0.3 is 20.1 Å². The standard InChI is InChI=1S/C21H23F3N6O4S/c1-30(35(4,31)32)19-13(6-5-9-25-19)11-26-18-15(21(22,23)24)12-27-20(29-18)28-16-10-14(33-2)7-8-17(16)34-3/h5-10,12H,11H2,1-4H3,(H2,26,27,28,29). The highest BCUT2D eigenvalue weighted by Gasteiger charge is 2.35. The van der Waals surface area contributed by atoms with Crippen LogP contribution in [0.15, 0.2) is 42.7 Å². The number of hydrogen-bond donors (Lipinski definition) is 2. The second kappa shape index (κ2) is 10.2. The summed E-state index contributed by atoms with van der Waals surface area (Å²) in [6.45, 7) is -0.189. The van der Waals surface area contributed by atoms with Crippen LogP contribution >= 0.6 is 0 Å². The third-order valence-electron chi connectivity index (χ3n) is 4.86. The molecule has 35 heavy (non-hydrogen) atoms. The van der Waals surface area contributed by atoms with Gasteiger partial charge in [-0.15, -0.1) is 0 Å². The number of ether oxygens (including phenoxy) is 2. The van der Waals surface area contributed by atoms with Crippen LogP contribution in [0.2, 0.25) is 0 Å². The molecule has 2 aromatic heterocycles. The molecule has 0 aliphatic rings. The molecule has 1 aromatic carbocycles. The van der Waals surface area contributed by atoms with E-state index in [4.69, 9.17) is 9.47 Å². The van der Waals surface area contributed by atoms with Crippen LogP contribution in [0.4, 0.5) is 36.4 Å². The fraction of sp³-hybridized carbons (Fsp3) is 0.286. The molecule has 0 bridgehead atoms. The first kappa shape index (κ1) is 25.8. The molecule has 0 spiro atoms. The number of halogens is 3. The van der Waals surface area contributed by atoms with Gasteiger partial charge in [-0.05, 0) is 18.2 Å². The summed E-state index contributed by atoms with van der Waals surface area (Å²) in [7, 11) is 0.566. The third-order valence-corrected chi connectivity index (χ3v) is 6.02. The van der Waals surface area contributed by atoms with Crippen LogP contribution in [0.1, 0.15) is 11.1 Å². The number of rotatable bonds is 9. The monoisotopic (exact) mass is 512 g/mol. The third kappa shape index (κ3) is 6.20. The molecule has 0 fully saturated rings. The van der Waals surface area contributed by atoms with Gasteiger partial charge in [0.25, 0.3) is 0 Å². The quantitative estimate of drug-likeness (QED) is 0.443. The normalized spacial score (nSPS) is 11.6. The number of nitrogens with zero attached hydrogens (tertiary/aromatic N) is 4. The van der Waals surface area contributed by atoms with Gasteiger partial charge in [0, 0.05) is 37.6 Å². The number of aromatic nitrogens is 3. The van der Waals surface area contributed by atoms with E-state index in [0.717, 1.165) is 10.6 Å². The number of nitrogens with one attached hydrogen (secondary N) is 2. The predicted octanol–water partition coefficient (Wildman–Crippen LogP) is 3.66. The zero-order chi connectivity index (χ0) is 25.8. The minimum atomic E-state index is -4.74. The molecule has 0 unspecified atom stereocenters. The van der Waals surface area contributed by atoms with Gasteiger partial charge in [0.1, 0.15) is 28.7 Å². The zero-order valence-electron chi connectivity index (χ0n) is 19.2. The molecular weight excluding hydrogens is 489 g/mol. The van der Waals surface area contributed by atoms with Gasteiger partial charge in [0.15, 0.2) is 0 Å².